The lowest BCUT2D eigenvalue weighted by Gasteiger charge is -2.22. The first-order chi connectivity index (χ1) is 13.4. The number of fused-ring (bicyclic) bond motifs is 2. The third-order valence-corrected chi connectivity index (χ3v) is 5.02. The zero-order chi connectivity index (χ0) is 20.0. The lowest BCUT2D eigenvalue weighted by Crippen LogP contribution is -2.45. The van der Waals surface area contributed by atoms with Crippen molar-refractivity contribution in [2.24, 2.45) is 0 Å². The van der Waals surface area contributed by atoms with Crippen molar-refractivity contribution >= 4 is 34.3 Å². The summed E-state index contributed by atoms with van der Waals surface area (Å²) in [5.41, 5.74) is 3.79. The number of hydrogen-bond acceptors (Lipinski definition) is 4. The SMILES string of the molecule is Cc1cc(C)c2cccc(NC(=O)[C@H](C)N3C(=O)c4ccccc4C3=O)c2n1. The highest BCUT2D eigenvalue weighted by Crippen LogP contribution is 2.27. The van der Waals surface area contributed by atoms with Crippen LogP contribution in [0.25, 0.3) is 10.9 Å². The van der Waals surface area contributed by atoms with Gasteiger partial charge in [0.2, 0.25) is 5.91 Å². The van der Waals surface area contributed by atoms with Gasteiger partial charge in [-0.25, -0.2) is 0 Å². The predicted molar refractivity (Wildman–Crippen MR) is 106 cm³/mol. The topological polar surface area (TPSA) is 79.4 Å². The number of benzene rings is 2. The molecule has 0 aliphatic carbocycles. The number of nitrogens with one attached hydrogen (secondary N) is 1. The zero-order valence-electron chi connectivity index (χ0n) is 15.8. The van der Waals surface area contributed by atoms with Crippen LogP contribution in [0.4, 0.5) is 5.69 Å². The maximum atomic E-state index is 12.9. The van der Waals surface area contributed by atoms with Crippen molar-refractivity contribution in [1.29, 1.82) is 0 Å². The van der Waals surface area contributed by atoms with E-state index in [0.717, 1.165) is 21.5 Å². The van der Waals surface area contributed by atoms with E-state index in [9.17, 15) is 14.4 Å². The maximum Gasteiger partial charge on any atom is 0.262 e. The Kier molecular flexibility index (Phi) is 4.19. The van der Waals surface area contributed by atoms with Gasteiger partial charge in [-0.15, -0.1) is 0 Å². The number of rotatable bonds is 3. The van der Waals surface area contributed by atoms with E-state index in [0.29, 0.717) is 22.3 Å². The molecule has 2 heterocycles. The van der Waals surface area contributed by atoms with Crippen LogP contribution in [-0.4, -0.2) is 33.6 Å². The van der Waals surface area contributed by atoms with Crippen LogP contribution >= 0.6 is 0 Å². The van der Waals surface area contributed by atoms with Gasteiger partial charge in [0.05, 0.1) is 22.3 Å². The van der Waals surface area contributed by atoms with E-state index < -0.39 is 23.8 Å². The highest BCUT2D eigenvalue weighted by molar-refractivity contribution is 6.23. The van der Waals surface area contributed by atoms with Crippen LogP contribution in [0.3, 0.4) is 0 Å². The van der Waals surface area contributed by atoms with Crippen molar-refractivity contribution in [2.75, 3.05) is 5.32 Å². The van der Waals surface area contributed by atoms with Crippen molar-refractivity contribution in [3.05, 3.63) is 70.9 Å². The van der Waals surface area contributed by atoms with Crippen LogP contribution in [0.15, 0.2) is 48.5 Å². The van der Waals surface area contributed by atoms with Crippen molar-refractivity contribution in [2.45, 2.75) is 26.8 Å². The van der Waals surface area contributed by atoms with Crippen LogP contribution < -0.4 is 5.32 Å². The average Bonchev–Trinajstić information content (AvgIpc) is 2.93. The van der Waals surface area contributed by atoms with Gasteiger partial charge >= 0.3 is 0 Å². The Hall–Kier alpha value is -3.54. The molecule has 3 amide bonds. The third kappa shape index (κ3) is 2.74. The number of pyridine rings is 1. The Balaban J connectivity index is 1.64. The minimum absolute atomic E-state index is 0.324. The number of nitrogens with zero attached hydrogens (tertiary/aromatic N) is 2. The van der Waals surface area contributed by atoms with E-state index in [4.69, 9.17) is 0 Å². The highest BCUT2D eigenvalue weighted by Gasteiger charge is 2.40. The Morgan fingerprint density at radius 3 is 2.29 bits per heavy atom. The summed E-state index contributed by atoms with van der Waals surface area (Å²) in [4.78, 5) is 43.7. The summed E-state index contributed by atoms with van der Waals surface area (Å²) in [6, 6.07) is 13.2. The van der Waals surface area contributed by atoms with Crippen LogP contribution in [0.1, 0.15) is 38.9 Å². The summed E-state index contributed by atoms with van der Waals surface area (Å²) >= 11 is 0. The molecular weight excluding hydrogens is 354 g/mol. The number of para-hydroxylation sites is 1. The Morgan fingerprint density at radius 2 is 1.64 bits per heavy atom. The van der Waals surface area contributed by atoms with Crippen molar-refractivity contribution in [1.82, 2.24) is 9.88 Å². The van der Waals surface area contributed by atoms with Crippen molar-refractivity contribution in [3.8, 4) is 0 Å². The molecule has 0 spiro atoms. The number of carbonyl (C=O) groups excluding carboxylic acids is 3. The lowest BCUT2D eigenvalue weighted by atomic mass is 10.1. The predicted octanol–water partition coefficient (Wildman–Crippen LogP) is 3.47. The Morgan fingerprint density at radius 1 is 1.00 bits per heavy atom. The van der Waals surface area contributed by atoms with Gasteiger partial charge in [-0.05, 0) is 50.6 Å². The second-order valence-corrected chi connectivity index (χ2v) is 6.97. The number of aromatic nitrogens is 1. The Labute approximate surface area is 162 Å². The fraction of sp³-hybridized carbons (Fsp3) is 0.182. The molecule has 1 aromatic heterocycles. The molecule has 4 rings (SSSR count). The summed E-state index contributed by atoms with van der Waals surface area (Å²) < 4.78 is 0. The van der Waals surface area contributed by atoms with E-state index in [1.165, 1.54) is 0 Å². The number of hydrogen-bond donors (Lipinski definition) is 1. The number of carbonyl (C=O) groups is 3. The summed E-state index contributed by atoms with van der Waals surface area (Å²) in [5.74, 6) is -1.35. The number of anilines is 1. The van der Waals surface area contributed by atoms with E-state index in [2.05, 4.69) is 10.3 Å². The minimum atomic E-state index is -0.950. The molecule has 28 heavy (non-hydrogen) atoms. The van der Waals surface area contributed by atoms with Crippen LogP contribution in [0.2, 0.25) is 0 Å². The molecular formula is C22H19N3O3. The smallest absolute Gasteiger partial charge is 0.262 e. The monoisotopic (exact) mass is 373 g/mol. The number of aryl methyl sites for hydroxylation is 2. The summed E-state index contributed by atoms with van der Waals surface area (Å²) in [5, 5.41) is 3.78. The molecule has 0 saturated heterocycles. The van der Waals surface area contributed by atoms with E-state index in [1.54, 1.807) is 37.3 Å². The average molecular weight is 373 g/mol. The normalized spacial score (nSPS) is 14.3. The summed E-state index contributed by atoms with van der Waals surface area (Å²) in [7, 11) is 0. The van der Waals surface area contributed by atoms with Gasteiger partial charge in [0, 0.05) is 11.1 Å². The quantitative estimate of drug-likeness (QED) is 0.713. The Bertz CT molecular complexity index is 1120. The van der Waals surface area contributed by atoms with Gasteiger partial charge in [0.15, 0.2) is 0 Å². The maximum absolute atomic E-state index is 12.9. The molecule has 6 heteroatoms. The number of imide groups is 1. The van der Waals surface area contributed by atoms with Gasteiger partial charge in [-0.1, -0.05) is 24.3 Å². The molecule has 3 aromatic rings. The highest BCUT2D eigenvalue weighted by atomic mass is 16.2. The standard InChI is InChI=1S/C22H19N3O3/c1-12-11-13(2)23-19-15(12)9-6-10-18(19)24-20(26)14(3)25-21(27)16-7-4-5-8-17(16)22(25)28/h4-11,14H,1-3H3,(H,24,26)/t14-/m0/s1. The second-order valence-electron chi connectivity index (χ2n) is 6.97. The molecule has 0 radical (unpaired) electrons. The van der Waals surface area contributed by atoms with Gasteiger partial charge in [-0.2, -0.15) is 0 Å². The lowest BCUT2D eigenvalue weighted by molar-refractivity contribution is -0.119. The molecule has 0 bridgehead atoms. The van der Waals surface area contributed by atoms with Crippen LogP contribution in [0.5, 0.6) is 0 Å². The fourth-order valence-corrected chi connectivity index (χ4v) is 3.60. The molecule has 1 aliphatic heterocycles. The minimum Gasteiger partial charge on any atom is -0.322 e. The zero-order valence-corrected chi connectivity index (χ0v) is 15.8. The molecule has 1 atom stereocenters. The van der Waals surface area contributed by atoms with Gasteiger partial charge in [0.25, 0.3) is 11.8 Å². The molecule has 140 valence electrons. The van der Waals surface area contributed by atoms with Crippen molar-refractivity contribution in [3.63, 3.8) is 0 Å². The van der Waals surface area contributed by atoms with Crippen LogP contribution in [-0.2, 0) is 4.79 Å². The first kappa shape index (κ1) is 17.9. The van der Waals surface area contributed by atoms with E-state index >= 15 is 0 Å². The third-order valence-electron chi connectivity index (χ3n) is 5.02. The van der Waals surface area contributed by atoms with Crippen LogP contribution in [0, 0.1) is 13.8 Å². The number of amides is 3. The van der Waals surface area contributed by atoms with Gasteiger partial charge in [-0.3, -0.25) is 24.3 Å². The summed E-state index contributed by atoms with van der Waals surface area (Å²) in [6.07, 6.45) is 0. The molecule has 1 N–H and O–H groups in total. The van der Waals surface area contributed by atoms with E-state index in [1.807, 2.05) is 32.0 Å². The van der Waals surface area contributed by atoms with Gasteiger partial charge < -0.3 is 5.32 Å². The first-order valence-electron chi connectivity index (χ1n) is 9.03. The largest absolute Gasteiger partial charge is 0.322 e. The van der Waals surface area contributed by atoms with E-state index in [-0.39, 0.29) is 0 Å². The molecule has 0 fully saturated rings. The first-order valence-corrected chi connectivity index (χ1v) is 9.03. The second kappa shape index (κ2) is 6.56. The van der Waals surface area contributed by atoms with Crippen molar-refractivity contribution < 1.29 is 14.4 Å². The van der Waals surface area contributed by atoms with Gasteiger partial charge in [0.1, 0.15) is 6.04 Å². The molecule has 0 saturated carbocycles. The molecule has 2 aromatic carbocycles. The molecule has 0 unspecified atom stereocenters. The molecule has 1 aliphatic rings. The molecule has 6 nitrogen and oxygen atoms in total. The fourth-order valence-electron chi connectivity index (χ4n) is 3.60. The summed E-state index contributed by atoms with van der Waals surface area (Å²) in [6.45, 7) is 5.43.